The quantitative estimate of drug-likeness (QED) is 0.597. The van der Waals surface area contributed by atoms with E-state index in [1.165, 1.54) is 31.3 Å². The minimum Gasteiger partial charge on any atom is -0.310 e. The third-order valence-electron chi connectivity index (χ3n) is 3.76. The van der Waals surface area contributed by atoms with Crippen molar-refractivity contribution in [3.63, 3.8) is 0 Å². The molecular formula is C12H21NO3S. The lowest BCUT2D eigenvalue weighted by Gasteiger charge is -2.33. The number of nitrogens with one attached hydrogen (secondary N) is 1. The first kappa shape index (κ1) is 13.1. The SMILES string of the molecule is O=S(=O)(O)CCCC1NCCC2=C1CCCC2. The molecule has 0 bridgehead atoms. The molecule has 4 nitrogen and oxygen atoms in total. The Morgan fingerprint density at radius 1 is 1.24 bits per heavy atom. The summed E-state index contributed by atoms with van der Waals surface area (Å²) < 4.78 is 30.1. The molecule has 0 saturated heterocycles. The largest absolute Gasteiger partial charge is 0.310 e. The summed E-state index contributed by atoms with van der Waals surface area (Å²) in [5, 5.41) is 3.47. The average Bonchev–Trinajstić information content (AvgIpc) is 2.28. The summed E-state index contributed by atoms with van der Waals surface area (Å²) in [4.78, 5) is 0. The van der Waals surface area contributed by atoms with Gasteiger partial charge >= 0.3 is 0 Å². The van der Waals surface area contributed by atoms with Crippen molar-refractivity contribution in [3.8, 4) is 0 Å². The highest BCUT2D eigenvalue weighted by molar-refractivity contribution is 7.85. The highest BCUT2D eigenvalue weighted by atomic mass is 32.2. The average molecular weight is 259 g/mol. The summed E-state index contributed by atoms with van der Waals surface area (Å²) in [6.45, 7) is 1.01. The second-order valence-electron chi connectivity index (χ2n) is 5.02. The van der Waals surface area contributed by atoms with Gasteiger partial charge in [0.05, 0.1) is 5.75 Å². The lowest BCUT2D eigenvalue weighted by atomic mass is 9.82. The van der Waals surface area contributed by atoms with Gasteiger partial charge in [-0.2, -0.15) is 8.42 Å². The van der Waals surface area contributed by atoms with E-state index in [1.54, 1.807) is 5.57 Å². The van der Waals surface area contributed by atoms with E-state index >= 15 is 0 Å². The summed E-state index contributed by atoms with van der Waals surface area (Å²) in [6, 6.07) is 0.348. The molecule has 0 aromatic carbocycles. The lowest BCUT2D eigenvalue weighted by Crippen LogP contribution is -2.37. The van der Waals surface area contributed by atoms with Gasteiger partial charge in [0.1, 0.15) is 0 Å². The Hall–Kier alpha value is -0.390. The van der Waals surface area contributed by atoms with E-state index in [9.17, 15) is 8.42 Å². The van der Waals surface area contributed by atoms with Crippen LogP contribution in [0.3, 0.4) is 0 Å². The Morgan fingerprint density at radius 3 is 2.76 bits per heavy atom. The summed E-state index contributed by atoms with van der Waals surface area (Å²) in [5.41, 5.74) is 3.13. The van der Waals surface area contributed by atoms with Gasteiger partial charge in [0, 0.05) is 6.04 Å². The van der Waals surface area contributed by atoms with Crippen LogP contribution in [0.15, 0.2) is 11.1 Å². The molecular weight excluding hydrogens is 238 g/mol. The van der Waals surface area contributed by atoms with E-state index in [0.717, 1.165) is 19.4 Å². The van der Waals surface area contributed by atoms with Gasteiger partial charge in [-0.3, -0.25) is 4.55 Å². The Bertz CT molecular complexity index is 396. The van der Waals surface area contributed by atoms with Gasteiger partial charge < -0.3 is 5.32 Å². The van der Waals surface area contributed by atoms with Crippen LogP contribution >= 0.6 is 0 Å². The molecule has 1 aliphatic heterocycles. The topological polar surface area (TPSA) is 66.4 Å². The zero-order valence-corrected chi connectivity index (χ0v) is 10.9. The first-order chi connectivity index (χ1) is 8.06. The van der Waals surface area contributed by atoms with E-state index in [0.29, 0.717) is 12.5 Å². The Labute approximate surface area is 103 Å². The molecule has 1 unspecified atom stereocenters. The molecule has 1 atom stereocenters. The van der Waals surface area contributed by atoms with Crippen molar-refractivity contribution in [1.82, 2.24) is 5.32 Å². The maximum absolute atomic E-state index is 10.7. The van der Waals surface area contributed by atoms with Crippen LogP contribution in [0.5, 0.6) is 0 Å². The van der Waals surface area contributed by atoms with Crippen molar-refractivity contribution in [2.45, 2.75) is 51.0 Å². The molecule has 0 fully saturated rings. The van der Waals surface area contributed by atoms with Crippen molar-refractivity contribution in [2.24, 2.45) is 0 Å². The Kier molecular flexibility index (Phi) is 4.22. The van der Waals surface area contributed by atoms with E-state index < -0.39 is 10.1 Å². The predicted molar refractivity (Wildman–Crippen MR) is 67.6 cm³/mol. The summed E-state index contributed by atoms with van der Waals surface area (Å²) in [6.07, 6.45) is 7.46. The van der Waals surface area contributed by atoms with Crippen LogP contribution in [0, 0.1) is 0 Å². The molecule has 0 radical (unpaired) electrons. The number of hydrogen-bond acceptors (Lipinski definition) is 3. The molecule has 2 aliphatic rings. The smallest absolute Gasteiger partial charge is 0.264 e. The predicted octanol–water partition coefficient (Wildman–Crippen LogP) is 1.89. The Balaban J connectivity index is 1.92. The van der Waals surface area contributed by atoms with Gasteiger partial charge in [0.25, 0.3) is 10.1 Å². The Morgan fingerprint density at radius 2 is 2.00 bits per heavy atom. The molecule has 0 aromatic heterocycles. The van der Waals surface area contributed by atoms with E-state index in [1.807, 2.05) is 0 Å². The first-order valence-corrected chi connectivity index (χ1v) is 8.06. The monoisotopic (exact) mass is 259 g/mol. The third-order valence-corrected chi connectivity index (χ3v) is 4.57. The molecule has 2 N–H and O–H groups in total. The second kappa shape index (κ2) is 5.50. The van der Waals surface area contributed by atoms with E-state index in [2.05, 4.69) is 5.32 Å². The van der Waals surface area contributed by atoms with Gasteiger partial charge in [-0.15, -0.1) is 0 Å². The molecule has 5 heteroatoms. The minimum absolute atomic E-state index is 0.117. The van der Waals surface area contributed by atoms with Crippen LogP contribution in [0.25, 0.3) is 0 Å². The highest BCUT2D eigenvalue weighted by Gasteiger charge is 2.24. The van der Waals surface area contributed by atoms with E-state index in [-0.39, 0.29) is 5.75 Å². The first-order valence-electron chi connectivity index (χ1n) is 6.45. The highest BCUT2D eigenvalue weighted by Crippen LogP contribution is 2.32. The molecule has 0 amide bonds. The van der Waals surface area contributed by atoms with Crippen LogP contribution in [-0.4, -0.2) is 31.3 Å². The standard InChI is InChI=1S/C12H21NO3S/c14-17(15,16)9-3-6-12-11-5-2-1-4-10(11)7-8-13-12/h12-13H,1-9H2,(H,14,15,16). The van der Waals surface area contributed by atoms with Gasteiger partial charge in [-0.05, 0) is 51.5 Å². The maximum Gasteiger partial charge on any atom is 0.264 e. The van der Waals surface area contributed by atoms with Gasteiger partial charge in [-0.25, -0.2) is 0 Å². The molecule has 2 rings (SSSR count). The summed E-state index contributed by atoms with van der Waals surface area (Å²) >= 11 is 0. The number of hydrogen-bond donors (Lipinski definition) is 2. The van der Waals surface area contributed by atoms with Crippen molar-refractivity contribution >= 4 is 10.1 Å². The normalized spacial score (nSPS) is 25.8. The van der Waals surface area contributed by atoms with Crippen LogP contribution in [0.1, 0.15) is 44.9 Å². The number of rotatable bonds is 4. The third kappa shape index (κ3) is 3.79. The van der Waals surface area contributed by atoms with Gasteiger partial charge in [0.15, 0.2) is 0 Å². The van der Waals surface area contributed by atoms with Crippen LogP contribution in [-0.2, 0) is 10.1 Å². The fourth-order valence-electron chi connectivity index (χ4n) is 2.96. The summed E-state index contributed by atoms with van der Waals surface area (Å²) in [5.74, 6) is -0.117. The molecule has 1 aliphatic carbocycles. The van der Waals surface area contributed by atoms with Crippen molar-refractivity contribution in [1.29, 1.82) is 0 Å². The van der Waals surface area contributed by atoms with Gasteiger partial charge in [0.2, 0.25) is 0 Å². The molecule has 0 saturated carbocycles. The maximum atomic E-state index is 10.7. The molecule has 98 valence electrons. The molecule has 0 aromatic rings. The van der Waals surface area contributed by atoms with Crippen molar-refractivity contribution < 1.29 is 13.0 Å². The van der Waals surface area contributed by atoms with Crippen LogP contribution in [0.4, 0.5) is 0 Å². The van der Waals surface area contributed by atoms with E-state index in [4.69, 9.17) is 4.55 Å². The molecule has 17 heavy (non-hydrogen) atoms. The zero-order valence-electron chi connectivity index (χ0n) is 10.1. The fourth-order valence-corrected chi connectivity index (χ4v) is 3.50. The second-order valence-corrected chi connectivity index (χ2v) is 6.59. The lowest BCUT2D eigenvalue weighted by molar-refractivity contribution is 0.446. The van der Waals surface area contributed by atoms with Crippen LogP contribution in [0.2, 0.25) is 0 Å². The van der Waals surface area contributed by atoms with Gasteiger partial charge in [-0.1, -0.05) is 11.1 Å². The minimum atomic E-state index is -3.80. The van der Waals surface area contributed by atoms with Crippen molar-refractivity contribution in [2.75, 3.05) is 12.3 Å². The molecule has 1 heterocycles. The summed E-state index contributed by atoms with van der Waals surface area (Å²) in [7, 11) is -3.80. The van der Waals surface area contributed by atoms with Crippen molar-refractivity contribution in [3.05, 3.63) is 11.1 Å². The molecule has 0 spiro atoms. The fraction of sp³-hybridized carbons (Fsp3) is 0.833. The zero-order chi connectivity index (χ0) is 12.3. The van der Waals surface area contributed by atoms with Crippen LogP contribution < -0.4 is 5.32 Å².